The number of imidazole rings is 1. The van der Waals surface area contributed by atoms with Crippen LogP contribution in [0.1, 0.15) is 91.1 Å². The number of para-hydroxylation sites is 1. The summed E-state index contributed by atoms with van der Waals surface area (Å²) in [6, 6.07) is 11.9. The van der Waals surface area contributed by atoms with Crippen LogP contribution in [0.3, 0.4) is 0 Å². The van der Waals surface area contributed by atoms with Gasteiger partial charge in [0.15, 0.2) is 0 Å². The molecule has 0 radical (unpaired) electrons. The molecule has 288 valence electrons. The van der Waals surface area contributed by atoms with Crippen LogP contribution in [0.4, 0.5) is 18.9 Å². The lowest BCUT2D eigenvalue weighted by atomic mass is 9.84. The van der Waals surface area contributed by atoms with Crippen LogP contribution in [-0.4, -0.2) is 66.2 Å². The summed E-state index contributed by atoms with van der Waals surface area (Å²) < 4.78 is 44.5. The van der Waals surface area contributed by atoms with E-state index >= 15 is 0 Å². The van der Waals surface area contributed by atoms with E-state index in [0.29, 0.717) is 17.9 Å². The molecule has 0 bridgehead atoms. The SMILES string of the molecule is Cn1c(=O)n(C2CCC(=O)NC2=O)c2cccc(C3CCN(CC4CCC(n5cc6cc(NC(=O)c7cccc(C(F)(F)F)n7)c(Cl)cc6n5)CC4)CC3)c21. The van der Waals surface area contributed by atoms with Gasteiger partial charge in [-0.1, -0.05) is 29.8 Å². The number of aryl methyl sites for hydroxylation is 1. The van der Waals surface area contributed by atoms with Crippen molar-refractivity contribution >= 4 is 56.9 Å². The van der Waals surface area contributed by atoms with E-state index in [4.69, 9.17) is 16.7 Å². The number of nitrogens with one attached hydrogen (secondary N) is 2. The van der Waals surface area contributed by atoms with Crippen LogP contribution in [0.15, 0.2) is 59.5 Å². The highest BCUT2D eigenvalue weighted by atomic mass is 35.5. The second-order valence-electron chi connectivity index (χ2n) is 15.0. The van der Waals surface area contributed by atoms with E-state index in [1.54, 1.807) is 28.3 Å². The number of pyridine rings is 1. The molecule has 3 aliphatic rings. The lowest BCUT2D eigenvalue weighted by molar-refractivity contribution is -0.141. The maximum Gasteiger partial charge on any atom is 0.433 e. The first kappa shape index (κ1) is 36.9. The molecule has 3 fully saturated rings. The fourth-order valence-corrected chi connectivity index (χ4v) is 8.87. The van der Waals surface area contributed by atoms with Crippen molar-refractivity contribution in [1.82, 2.24) is 34.1 Å². The lowest BCUT2D eigenvalue weighted by Gasteiger charge is -2.37. The Morgan fingerprint density at radius 2 is 1.73 bits per heavy atom. The van der Waals surface area contributed by atoms with Crippen molar-refractivity contribution in [2.45, 2.75) is 75.5 Å². The van der Waals surface area contributed by atoms with Crippen molar-refractivity contribution < 1.29 is 27.6 Å². The standard InChI is InChI=1S/C39H40ClF3N8O4/c1-48-35-26(4-2-6-31(35)51(38(48)55)32-12-13-34(52)46-37(32)54)23-14-16-49(17-15-23)20-22-8-10-25(11-9-22)50-21-24-18-30(27(40)19-29(24)47-50)45-36(53)28-5-3-7-33(44-28)39(41,42)43/h2-7,18-19,21-23,25,32H,8-17,20H2,1H3,(H,45,53)(H,46,52,54). The first-order valence-electron chi connectivity index (χ1n) is 18.6. The van der Waals surface area contributed by atoms with Crippen LogP contribution in [0.2, 0.25) is 5.02 Å². The zero-order chi connectivity index (χ0) is 38.6. The maximum atomic E-state index is 13.4. The number of anilines is 1. The van der Waals surface area contributed by atoms with Crippen molar-refractivity contribution in [3.05, 3.63) is 87.2 Å². The van der Waals surface area contributed by atoms with Gasteiger partial charge < -0.3 is 10.2 Å². The first-order valence-corrected chi connectivity index (χ1v) is 19.0. The summed E-state index contributed by atoms with van der Waals surface area (Å²) in [5.41, 5.74) is 1.86. The minimum Gasteiger partial charge on any atom is -0.319 e. The molecule has 16 heteroatoms. The number of rotatable bonds is 7. The van der Waals surface area contributed by atoms with Crippen molar-refractivity contribution in [1.29, 1.82) is 0 Å². The molecule has 12 nitrogen and oxygen atoms in total. The molecule has 8 rings (SSSR count). The number of hydrogen-bond donors (Lipinski definition) is 2. The third kappa shape index (κ3) is 7.27. The predicted molar refractivity (Wildman–Crippen MR) is 200 cm³/mol. The smallest absolute Gasteiger partial charge is 0.319 e. The van der Waals surface area contributed by atoms with Crippen LogP contribution < -0.4 is 16.3 Å². The van der Waals surface area contributed by atoms with Gasteiger partial charge in [0, 0.05) is 31.6 Å². The number of halogens is 4. The van der Waals surface area contributed by atoms with E-state index in [-0.39, 0.29) is 46.4 Å². The number of carbonyl (C=O) groups is 3. The monoisotopic (exact) mass is 776 g/mol. The molecule has 1 aliphatic carbocycles. The molecule has 1 saturated carbocycles. The number of carbonyl (C=O) groups excluding carboxylic acids is 3. The molecule has 2 N–H and O–H groups in total. The van der Waals surface area contributed by atoms with Gasteiger partial charge in [-0.15, -0.1) is 0 Å². The highest BCUT2D eigenvalue weighted by Gasteiger charge is 2.34. The number of aromatic nitrogens is 5. The zero-order valence-electron chi connectivity index (χ0n) is 30.1. The summed E-state index contributed by atoms with van der Waals surface area (Å²) in [5.74, 6) is -0.696. The summed E-state index contributed by atoms with van der Waals surface area (Å²) in [4.78, 5) is 56.6. The molecule has 1 atom stereocenters. The van der Waals surface area contributed by atoms with Crippen LogP contribution in [0, 0.1) is 5.92 Å². The molecule has 0 spiro atoms. The van der Waals surface area contributed by atoms with E-state index in [1.807, 2.05) is 23.0 Å². The second-order valence-corrected chi connectivity index (χ2v) is 15.4. The minimum atomic E-state index is -4.67. The number of benzene rings is 2. The highest BCUT2D eigenvalue weighted by Crippen LogP contribution is 2.38. The lowest BCUT2D eigenvalue weighted by Crippen LogP contribution is -2.44. The molecule has 3 aromatic heterocycles. The Morgan fingerprint density at radius 3 is 2.45 bits per heavy atom. The summed E-state index contributed by atoms with van der Waals surface area (Å²) in [6.07, 6.45) is 3.74. The molecule has 2 aliphatic heterocycles. The normalized spacial score (nSPS) is 21.7. The van der Waals surface area contributed by atoms with Gasteiger partial charge in [0.05, 0.1) is 33.3 Å². The Kier molecular flexibility index (Phi) is 9.78. The van der Waals surface area contributed by atoms with E-state index < -0.39 is 29.7 Å². The third-order valence-electron chi connectivity index (χ3n) is 11.5. The van der Waals surface area contributed by atoms with Crippen molar-refractivity contribution in [2.24, 2.45) is 13.0 Å². The van der Waals surface area contributed by atoms with Gasteiger partial charge in [-0.05, 0) is 106 Å². The maximum absolute atomic E-state index is 13.4. The van der Waals surface area contributed by atoms with Crippen molar-refractivity contribution in [3.63, 3.8) is 0 Å². The second kappa shape index (κ2) is 14.6. The first-order chi connectivity index (χ1) is 26.3. The largest absolute Gasteiger partial charge is 0.433 e. The Labute approximate surface area is 318 Å². The molecule has 5 heterocycles. The average Bonchev–Trinajstić information content (AvgIpc) is 3.69. The van der Waals surface area contributed by atoms with Crippen molar-refractivity contribution in [3.8, 4) is 0 Å². The van der Waals surface area contributed by atoms with Gasteiger partial charge in [-0.3, -0.25) is 33.5 Å². The minimum absolute atomic E-state index is 0.204. The number of imide groups is 1. The molecule has 2 saturated heterocycles. The van der Waals surface area contributed by atoms with Gasteiger partial charge in [-0.2, -0.15) is 18.3 Å². The van der Waals surface area contributed by atoms with Gasteiger partial charge in [0.1, 0.15) is 17.4 Å². The summed E-state index contributed by atoms with van der Waals surface area (Å²) >= 11 is 6.46. The molecule has 2 aromatic carbocycles. The van der Waals surface area contributed by atoms with Crippen LogP contribution in [0.5, 0.6) is 0 Å². The van der Waals surface area contributed by atoms with Gasteiger partial charge in [0.25, 0.3) is 5.91 Å². The molecular weight excluding hydrogens is 737 g/mol. The van der Waals surface area contributed by atoms with Gasteiger partial charge in [-0.25, -0.2) is 9.78 Å². The van der Waals surface area contributed by atoms with Crippen LogP contribution >= 0.6 is 11.6 Å². The third-order valence-corrected chi connectivity index (χ3v) is 11.8. The summed E-state index contributed by atoms with van der Waals surface area (Å²) in [6.45, 7) is 2.93. The predicted octanol–water partition coefficient (Wildman–Crippen LogP) is 6.60. The summed E-state index contributed by atoms with van der Waals surface area (Å²) in [5, 5.41) is 10.7. The Bertz CT molecular complexity index is 2370. The number of likely N-dealkylation sites (tertiary alicyclic amines) is 1. The fraction of sp³-hybridized carbons (Fsp3) is 0.436. The highest BCUT2D eigenvalue weighted by molar-refractivity contribution is 6.34. The number of amides is 3. The number of hydrogen-bond acceptors (Lipinski definition) is 7. The number of fused-ring (bicyclic) bond motifs is 2. The van der Waals surface area contributed by atoms with E-state index in [9.17, 15) is 32.3 Å². The topological polar surface area (TPSA) is 136 Å². The number of nitrogens with zero attached hydrogens (tertiary/aromatic N) is 6. The fourth-order valence-electron chi connectivity index (χ4n) is 8.67. The van der Waals surface area contributed by atoms with Gasteiger partial charge >= 0.3 is 11.9 Å². The number of piperidine rings is 2. The Morgan fingerprint density at radius 1 is 0.982 bits per heavy atom. The Hall–Kier alpha value is -5.02. The Balaban J connectivity index is 0.868. The molecule has 5 aromatic rings. The van der Waals surface area contributed by atoms with Crippen molar-refractivity contribution in [2.75, 3.05) is 25.0 Å². The van der Waals surface area contributed by atoms with E-state index in [2.05, 4.69) is 26.6 Å². The average molecular weight is 777 g/mol. The number of alkyl halides is 3. The molecule has 1 unspecified atom stereocenters. The quantitative estimate of drug-likeness (QED) is 0.178. The van der Waals surface area contributed by atoms with E-state index in [0.717, 1.165) is 92.3 Å². The van der Waals surface area contributed by atoms with E-state index in [1.165, 1.54) is 6.07 Å². The zero-order valence-corrected chi connectivity index (χ0v) is 30.9. The van der Waals surface area contributed by atoms with Crippen LogP contribution in [-0.2, 0) is 22.8 Å². The molecule has 55 heavy (non-hydrogen) atoms. The summed E-state index contributed by atoms with van der Waals surface area (Å²) in [7, 11) is 1.76. The molecular formula is C39H40ClF3N8O4. The van der Waals surface area contributed by atoms with Crippen LogP contribution in [0.25, 0.3) is 21.9 Å². The van der Waals surface area contributed by atoms with Gasteiger partial charge in [0.2, 0.25) is 11.8 Å². The molecule has 3 amide bonds.